The third kappa shape index (κ3) is 4.14. The minimum absolute atomic E-state index is 0.0161. The first kappa shape index (κ1) is 18.6. The van der Waals surface area contributed by atoms with Crippen molar-refractivity contribution in [2.45, 2.75) is 12.3 Å². The van der Waals surface area contributed by atoms with E-state index >= 15 is 0 Å². The summed E-state index contributed by atoms with van der Waals surface area (Å²) in [5, 5.41) is 10.5. The number of nitrogens with zero attached hydrogens (tertiary/aromatic N) is 2. The molecule has 0 bridgehead atoms. The van der Waals surface area contributed by atoms with Gasteiger partial charge in [0.1, 0.15) is 22.5 Å². The van der Waals surface area contributed by atoms with E-state index < -0.39 is 17.8 Å². The molecular formula is C18H17N3O5S. The minimum Gasteiger partial charge on any atom is -0.508 e. The number of phenols is 1. The van der Waals surface area contributed by atoms with Gasteiger partial charge in [-0.1, -0.05) is 12.1 Å². The zero-order valence-electron chi connectivity index (χ0n) is 14.4. The molecule has 0 aliphatic carbocycles. The fraction of sp³-hybridized carbons (Fsp3) is 0.222. The number of aromatic nitrogens is 2. The molecule has 0 unspecified atom stereocenters. The number of ether oxygens (including phenoxy) is 2. The summed E-state index contributed by atoms with van der Waals surface area (Å²) in [7, 11) is 1.31. The lowest BCUT2D eigenvalue weighted by atomic mass is 9.87. The summed E-state index contributed by atoms with van der Waals surface area (Å²) in [6, 6.07) is 10.0. The molecule has 0 aliphatic rings. The van der Waals surface area contributed by atoms with Gasteiger partial charge in [0.2, 0.25) is 0 Å². The van der Waals surface area contributed by atoms with Crippen molar-refractivity contribution in [2.24, 2.45) is 5.73 Å². The number of carbonyl (C=O) groups excluding carboxylic acids is 2. The molecule has 0 spiro atoms. The Morgan fingerprint density at radius 1 is 1.19 bits per heavy atom. The van der Waals surface area contributed by atoms with Gasteiger partial charge < -0.3 is 20.3 Å². The van der Waals surface area contributed by atoms with Crippen molar-refractivity contribution in [1.29, 1.82) is 0 Å². The van der Waals surface area contributed by atoms with Gasteiger partial charge in [-0.15, -0.1) is 0 Å². The summed E-state index contributed by atoms with van der Waals surface area (Å²) in [5.41, 5.74) is 7.52. The number of phenolic OH excluding ortho intramolecular Hbond substituents is 1. The highest BCUT2D eigenvalue weighted by Gasteiger charge is 2.25. The van der Waals surface area contributed by atoms with Crippen LogP contribution < -0.4 is 10.5 Å². The number of fused-ring (bicyclic) bond motifs is 1. The van der Waals surface area contributed by atoms with E-state index in [1.54, 1.807) is 30.3 Å². The zero-order chi connectivity index (χ0) is 19.4. The summed E-state index contributed by atoms with van der Waals surface area (Å²) in [6.45, 7) is -0.227. The molecule has 3 rings (SSSR count). The van der Waals surface area contributed by atoms with Crippen LogP contribution in [-0.4, -0.2) is 39.4 Å². The van der Waals surface area contributed by atoms with E-state index in [1.165, 1.54) is 13.2 Å². The highest BCUT2D eigenvalue weighted by atomic mass is 32.1. The smallest absolute Gasteiger partial charge is 0.306 e. The molecule has 0 radical (unpaired) electrons. The molecule has 1 amide bonds. The molecule has 3 aromatic rings. The lowest BCUT2D eigenvalue weighted by Crippen LogP contribution is -2.20. The van der Waals surface area contributed by atoms with E-state index in [0.717, 1.165) is 17.3 Å². The molecule has 0 fully saturated rings. The molecule has 0 aliphatic heterocycles. The Labute approximate surface area is 158 Å². The van der Waals surface area contributed by atoms with Gasteiger partial charge in [0.05, 0.1) is 25.3 Å². The summed E-state index contributed by atoms with van der Waals surface area (Å²) in [6.07, 6.45) is 0.0161. The Kier molecular flexibility index (Phi) is 5.51. The zero-order valence-corrected chi connectivity index (χ0v) is 15.2. The highest BCUT2D eigenvalue weighted by molar-refractivity contribution is 7.00. The molecule has 140 valence electrons. The van der Waals surface area contributed by atoms with Gasteiger partial charge in [-0.05, 0) is 29.8 Å². The van der Waals surface area contributed by atoms with Crippen molar-refractivity contribution >= 4 is 34.6 Å². The number of nitrogens with two attached hydrogens (primary N) is 1. The molecule has 1 aromatic heterocycles. The summed E-state index contributed by atoms with van der Waals surface area (Å²) in [4.78, 5) is 22.8. The topological polar surface area (TPSA) is 125 Å². The number of esters is 1. The second kappa shape index (κ2) is 8.00. The quantitative estimate of drug-likeness (QED) is 0.594. The maximum Gasteiger partial charge on any atom is 0.306 e. The number of primary amides is 1. The van der Waals surface area contributed by atoms with E-state index in [2.05, 4.69) is 8.75 Å². The highest BCUT2D eigenvalue weighted by Crippen LogP contribution is 2.39. The van der Waals surface area contributed by atoms with Crippen LogP contribution in [0.1, 0.15) is 23.5 Å². The Morgan fingerprint density at radius 2 is 1.93 bits per heavy atom. The van der Waals surface area contributed by atoms with Gasteiger partial charge in [-0.2, -0.15) is 8.75 Å². The van der Waals surface area contributed by atoms with Crippen LogP contribution in [-0.2, 0) is 14.3 Å². The molecule has 2 aromatic carbocycles. The number of carbonyl (C=O) groups is 2. The molecule has 8 nitrogen and oxygen atoms in total. The Bertz CT molecular complexity index is 971. The first-order valence-electron chi connectivity index (χ1n) is 8.01. The monoisotopic (exact) mass is 387 g/mol. The van der Waals surface area contributed by atoms with Crippen molar-refractivity contribution in [3.8, 4) is 11.5 Å². The van der Waals surface area contributed by atoms with Crippen LogP contribution in [0.2, 0.25) is 0 Å². The molecule has 0 saturated carbocycles. The molecule has 9 heteroatoms. The van der Waals surface area contributed by atoms with Crippen LogP contribution in [0.25, 0.3) is 11.0 Å². The van der Waals surface area contributed by atoms with Crippen LogP contribution in [0.3, 0.4) is 0 Å². The van der Waals surface area contributed by atoms with Gasteiger partial charge in [-0.3, -0.25) is 9.59 Å². The van der Waals surface area contributed by atoms with E-state index in [9.17, 15) is 14.7 Å². The molecule has 1 heterocycles. The molecular weight excluding hydrogens is 370 g/mol. The average molecular weight is 387 g/mol. The molecule has 0 saturated heterocycles. The second-order valence-corrected chi connectivity index (χ2v) is 6.32. The van der Waals surface area contributed by atoms with Crippen molar-refractivity contribution in [3.05, 3.63) is 47.5 Å². The maximum atomic E-state index is 12.0. The number of methoxy groups -OCH3 is 1. The fourth-order valence-corrected chi connectivity index (χ4v) is 3.34. The third-order valence-corrected chi connectivity index (χ3v) is 4.60. The summed E-state index contributed by atoms with van der Waals surface area (Å²) < 4.78 is 18.5. The van der Waals surface area contributed by atoms with Gasteiger partial charge >= 0.3 is 5.97 Å². The van der Waals surface area contributed by atoms with Gasteiger partial charge in [0.25, 0.3) is 5.91 Å². The van der Waals surface area contributed by atoms with Gasteiger partial charge in [0, 0.05) is 11.5 Å². The molecule has 3 N–H and O–H groups in total. The van der Waals surface area contributed by atoms with Gasteiger partial charge in [-0.25, -0.2) is 0 Å². The van der Waals surface area contributed by atoms with E-state index in [4.69, 9.17) is 15.2 Å². The van der Waals surface area contributed by atoms with Crippen molar-refractivity contribution in [2.75, 3.05) is 13.7 Å². The number of hydrogen-bond donors (Lipinski definition) is 2. The number of rotatable bonds is 7. The Morgan fingerprint density at radius 3 is 2.59 bits per heavy atom. The maximum absolute atomic E-state index is 12.0. The number of hydrogen-bond acceptors (Lipinski definition) is 8. The number of benzene rings is 2. The van der Waals surface area contributed by atoms with E-state index in [1.807, 2.05) is 0 Å². The molecule has 27 heavy (non-hydrogen) atoms. The minimum atomic E-state index is -0.574. The lowest BCUT2D eigenvalue weighted by molar-refractivity contribution is -0.140. The lowest BCUT2D eigenvalue weighted by Gasteiger charge is -2.19. The predicted octanol–water partition coefficient (Wildman–Crippen LogP) is 1.96. The van der Waals surface area contributed by atoms with E-state index in [-0.39, 0.29) is 18.8 Å². The van der Waals surface area contributed by atoms with Crippen LogP contribution in [0.4, 0.5) is 0 Å². The van der Waals surface area contributed by atoms with Crippen molar-refractivity contribution in [3.63, 3.8) is 0 Å². The summed E-state index contributed by atoms with van der Waals surface area (Å²) >= 11 is 1.03. The number of amides is 1. The van der Waals surface area contributed by atoms with Crippen LogP contribution in [0.15, 0.2) is 36.4 Å². The van der Waals surface area contributed by atoms with Crippen LogP contribution >= 0.6 is 11.7 Å². The first-order valence-corrected chi connectivity index (χ1v) is 8.74. The van der Waals surface area contributed by atoms with Gasteiger partial charge in [0.15, 0.2) is 6.61 Å². The fourth-order valence-electron chi connectivity index (χ4n) is 2.79. The average Bonchev–Trinajstić information content (AvgIpc) is 3.14. The van der Waals surface area contributed by atoms with Crippen LogP contribution in [0.5, 0.6) is 11.5 Å². The van der Waals surface area contributed by atoms with E-state index in [0.29, 0.717) is 22.3 Å². The Balaban J connectivity index is 2.01. The normalized spacial score (nSPS) is 11.9. The van der Waals surface area contributed by atoms with Crippen molar-refractivity contribution < 1.29 is 24.2 Å². The number of aromatic hydroxyl groups is 1. The molecule has 1 atom stereocenters. The van der Waals surface area contributed by atoms with Crippen LogP contribution in [0, 0.1) is 0 Å². The first-order chi connectivity index (χ1) is 13.0. The summed E-state index contributed by atoms with van der Waals surface area (Å²) in [5.74, 6) is -0.996. The SMILES string of the molecule is COC(=O)C[C@H](c1ccc(OCC(N)=O)cc1)c1c(O)ccc2nsnc12. The Hall–Kier alpha value is -3.20. The second-order valence-electron chi connectivity index (χ2n) is 5.79. The van der Waals surface area contributed by atoms with Crippen molar-refractivity contribution in [1.82, 2.24) is 8.75 Å². The predicted molar refractivity (Wildman–Crippen MR) is 98.7 cm³/mol. The standard InChI is InChI=1S/C18H17N3O5S/c1-25-16(24)8-12(10-2-4-11(5-3-10)26-9-15(19)23)17-14(22)7-6-13-18(17)21-27-20-13/h2-7,12,22H,8-9H2,1H3,(H2,19,23)/t12-/m1/s1. The third-order valence-electron chi connectivity index (χ3n) is 4.05. The largest absolute Gasteiger partial charge is 0.508 e.